The van der Waals surface area contributed by atoms with Gasteiger partial charge in [0.2, 0.25) is 5.91 Å². The van der Waals surface area contributed by atoms with Crippen molar-refractivity contribution in [1.82, 2.24) is 15.0 Å². The lowest BCUT2D eigenvalue weighted by Crippen LogP contribution is -2.37. The number of benzene rings is 2. The van der Waals surface area contributed by atoms with Crippen molar-refractivity contribution in [2.75, 3.05) is 11.4 Å². The zero-order valence-corrected chi connectivity index (χ0v) is 15.4. The van der Waals surface area contributed by atoms with Gasteiger partial charge >= 0.3 is 6.61 Å². The molecule has 0 saturated heterocycles. The third-order valence-electron chi connectivity index (χ3n) is 4.86. The van der Waals surface area contributed by atoms with Crippen molar-refractivity contribution in [2.24, 2.45) is 0 Å². The van der Waals surface area contributed by atoms with E-state index >= 15 is 0 Å². The summed E-state index contributed by atoms with van der Waals surface area (Å²) in [7, 11) is 0. The minimum Gasteiger partial charge on any atom is -0.433 e. The van der Waals surface area contributed by atoms with Crippen LogP contribution in [-0.2, 0) is 17.8 Å². The number of alkyl halides is 2. The zero-order valence-electron chi connectivity index (χ0n) is 15.4. The molecule has 1 aliphatic heterocycles. The van der Waals surface area contributed by atoms with Crippen molar-refractivity contribution < 1.29 is 18.3 Å². The zero-order chi connectivity index (χ0) is 20.4. The van der Waals surface area contributed by atoms with Crippen molar-refractivity contribution in [1.29, 1.82) is 0 Å². The van der Waals surface area contributed by atoms with Gasteiger partial charge in [0.05, 0.1) is 17.6 Å². The monoisotopic (exact) mass is 400 g/mol. The molecule has 1 amide bonds. The molecule has 0 bridgehead atoms. The molecule has 7 nitrogen and oxygen atoms in total. The number of halogens is 2. The molecule has 0 fully saturated rings. The number of aromatic nitrogens is 3. The van der Waals surface area contributed by atoms with E-state index in [0.717, 1.165) is 10.2 Å². The normalized spacial score (nSPS) is 13.6. The van der Waals surface area contributed by atoms with E-state index in [9.17, 15) is 18.4 Å². The largest absolute Gasteiger partial charge is 0.433 e. The number of nitrogens with zero attached hydrogens (tertiary/aromatic N) is 4. The molecule has 0 radical (unpaired) electrons. The number of amides is 1. The predicted octanol–water partition coefficient (Wildman–Crippen LogP) is 2.76. The Balaban J connectivity index is 1.56. The summed E-state index contributed by atoms with van der Waals surface area (Å²) in [6.45, 7) is -2.54. The van der Waals surface area contributed by atoms with E-state index in [1.165, 1.54) is 11.0 Å². The SMILES string of the molecule is O=C(CCn1nnc2ccccc2c1=O)N1CCCc2cccc(OC(F)F)c21. The molecule has 1 aliphatic rings. The van der Waals surface area contributed by atoms with Crippen molar-refractivity contribution >= 4 is 22.5 Å². The van der Waals surface area contributed by atoms with Gasteiger partial charge in [-0.3, -0.25) is 9.59 Å². The third kappa shape index (κ3) is 3.80. The molecular weight excluding hydrogens is 382 g/mol. The Morgan fingerprint density at radius 1 is 1.17 bits per heavy atom. The molecule has 3 aromatic rings. The Morgan fingerprint density at radius 2 is 2.00 bits per heavy atom. The first-order valence-electron chi connectivity index (χ1n) is 9.24. The lowest BCUT2D eigenvalue weighted by Gasteiger charge is -2.31. The Hall–Kier alpha value is -3.36. The Kier molecular flexibility index (Phi) is 5.20. The lowest BCUT2D eigenvalue weighted by atomic mass is 10.0. The van der Waals surface area contributed by atoms with Crippen LogP contribution in [-0.4, -0.2) is 34.1 Å². The fourth-order valence-electron chi connectivity index (χ4n) is 3.56. The number of anilines is 1. The van der Waals surface area contributed by atoms with Crippen molar-refractivity contribution in [2.45, 2.75) is 32.4 Å². The number of rotatable bonds is 5. The summed E-state index contributed by atoms with van der Waals surface area (Å²) >= 11 is 0. The Bertz CT molecular complexity index is 1120. The highest BCUT2D eigenvalue weighted by Gasteiger charge is 2.27. The second kappa shape index (κ2) is 7.94. The van der Waals surface area contributed by atoms with E-state index in [2.05, 4.69) is 15.0 Å². The van der Waals surface area contributed by atoms with Crippen LogP contribution >= 0.6 is 0 Å². The molecule has 2 aromatic carbocycles. The number of hydrogen-bond donors (Lipinski definition) is 0. The highest BCUT2D eigenvalue weighted by molar-refractivity contribution is 5.96. The minimum atomic E-state index is -2.98. The highest BCUT2D eigenvalue weighted by Crippen LogP contribution is 2.37. The van der Waals surface area contributed by atoms with Gasteiger partial charge in [0.25, 0.3) is 5.56 Å². The summed E-state index contributed by atoms with van der Waals surface area (Å²) < 4.78 is 31.3. The predicted molar refractivity (Wildman–Crippen MR) is 102 cm³/mol. The summed E-state index contributed by atoms with van der Waals surface area (Å²) in [6, 6.07) is 11.7. The van der Waals surface area contributed by atoms with Crippen LogP contribution in [0.5, 0.6) is 5.75 Å². The summed E-state index contributed by atoms with van der Waals surface area (Å²) in [5.41, 5.74) is 1.31. The average molecular weight is 400 g/mol. The van der Waals surface area contributed by atoms with E-state index < -0.39 is 6.61 Å². The Morgan fingerprint density at radius 3 is 2.83 bits per heavy atom. The van der Waals surface area contributed by atoms with Crippen LogP contribution in [0.1, 0.15) is 18.4 Å². The smallest absolute Gasteiger partial charge is 0.387 e. The van der Waals surface area contributed by atoms with Crippen LogP contribution in [0.15, 0.2) is 47.3 Å². The third-order valence-corrected chi connectivity index (χ3v) is 4.86. The number of carbonyl (C=O) groups excluding carboxylic acids is 1. The van der Waals surface area contributed by atoms with Gasteiger partial charge in [0.1, 0.15) is 11.3 Å². The molecule has 0 atom stereocenters. The van der Waals surface area contributed by atoms with Gasteiger partial charge in [-0.15, -0.1) is 5.10 Å². The van der Waals surface area contributed by atoms with Crippen LogP contribution in [0.4, 0.5) is 14.5 Å². The molecule has 9 heteroatoms. The van der Waals surface area contributed by atoms with E-state index in [4.69, 9.17) is 0 Å². The van der Waals surface area contributed by atoms with Crippen LogP contribution in [0.3, 0.4) is 0 Å². The van der Waals surface area contributed by atoms with Crippen LogP contribution in [0.25, 0.3) is 10.9 Å². The molecular formula is C20H18F2N4O3. The maximum atomic E-state index is 12.9. The minimum absolute atomic E-state index is 0.0185. The van der Waals surface area contributed by atoms with E-state index in [0.29, 0.717) is 36.0 Å². The number of hydrogen-bond acceptors (Lipinski definition) is 5. The first-order valence-corrected chi connectivity index (χ1v) is 9.24. The highest BCUT2D eigenvalue weighted by atomic mass is 19.3. The Labute approximate surface area is 164 Å². The number of para-hydroxylation sites is 1. The van der Waals surface area contributed by atoms with Crippen molar-refractivity contribution in [3.05, 3.63) is 58.4 Å². The quantitative estimate of drug-likeness (QED) is 0.658. The number of ether oxygens (including phenoxy) is 1. The molecule has 2 heterocycles. The van der Waals surface area contributed by atoms with Gasteiger partial charge in [0.15, 0.2) is 0 Å². The fourth-order valence-corrected chi connectivity index (χ4v) is 3.56. The molecule has 150 valence electrons. The van der Waals surface area contributed by atoms with Crippen LogP contribution in [0, 0.1) is 0 Å². The maximum absolute atomic E-state index is 12.9. The van der Waals surface area contributed by atoms with E-state index in [1.807, 2.05) is 0 Å². The van der Waals surface area contributed by atoms with Gasteiger partial charge in [-0.25, -0.2) is 4.68 Å². The summed E-state index contributed by atoms with van der Waals surface area (Å²) in [4.78, 5) is 26.8. The van der Waals surface area contributed by atoms with Crippen molar-refractivity contribution in [3.8, 4) is 5.75 Å². The molecule has 0 aliphatic carbocycles. The molecule has 1 aromatic heterocycles. The molecule has 0 unspecified atom stereocenters. The first-order chi connectivity index (χ1) is 14.0. The van der Waals surface area contributed by atoms with E-state index in [-0.39, 0.29) is 30.2 Å². The molecule has 29 heavy (non-hydrogen) atoms. The number of carbonyl (C=O) groups is 1. The summed E-state index contributed by atoms with van der Waals surface area (Å²) in [6.07, 6.45) is 1.37. The number of fused-ring (bicyclic) bond motifs is 2. The number of aryl methyl sites for hydroxylation is 2. The lowest BCUT2D eigenvalue weighted by molar-refractivity contribution is -0.119. The van der Waals surface area contributed by atoms with Gasteiger partial charge < -0.3 is 9.64 Å². The van der Waals surface area contributed by atoms with Crippen LogP contribution < -0.4 is 15.2 Å². The summed E-state index contributed by atoms with van der Waals surface area (Å²) in [5.74, 6) is -0.314. The van der Waals surface area contributed by atoms with Crippen LogP contribution in [0.2, 0.25) is 0 Å². The molecule has 0 N–H and O–H groups in total. The van der Waals surface area contributed by atoms with Gasteiger partial charge in [0, 0.05) is 13.0 Å². The topological polar surface area (TPSA) is 77.3 Å². The second-order valence-corrected chi connectivity index (χ2v) is 6.68. The second-order valence-electron chi connectivity index (χ2n) is 6.68. The molecule has 0 saturated carbocycles. The van der Waals surface area contributed by atoms with Gasteiger partial charge in [-0.2, -0.15) is 8.78 Å². The maximum Gasteiger partial charge on any atom is 0.387 e. The molecule has 0 spiro atoms. The molecule has 4 rings (SSSR count). The standard InChI is InChI=1S/C20H18F2N4O3/c21-20(22)29-16-9-3-5-13-6-4-11-25(18(13)16)17(27)10-12-26-19(28)14-7-1-2-8-15(14)23-24-26/h1-3,5,7-9,20H,4,6,10-12H2. The van der Waals surface area contributed by atoms with Gasteiger partial charge in [-0.05, 0) is 36.6 Å². The first kappa shape index (κ1) is 19.0. The fraction of sp³-hybridized carbons (Fsp3) is 0.300. The van der Waals surface area contributed by atoms with Crippen molar-refractivity contribution in [3.63, 3.8) is 0 Å². The summed E-state index contributed by atoms with van der Waals surface area (Å²) in [5, 5.41) is 8.31. The van der Waals surface area contributed by atoms with Gasteiger partial charge in [-0.1, -0.05) is 29.5 Å². The average Bonchev–Trinajstić information content (AvgIpc) is 2.72. The van der Waals surface area contributed by atoms with E-state index in [1.54, 1.807) is 36.4 Å².